The van der Waals surface area contributed by atoms with Crippen molar-refractivity contribution in [1.29, 1.82) is 0 Å². The average Bonchev–Trinajstić information content (AvgIpc) is 3.21. The van der Waals surface area contributed by atoms with Crippen LogP contribution in [0.1, 0.15) is 43.8 Å². The molecule has 1 N–H and O–H groups in total. The third-order valence-electron chi connectivity index (χ3n) is 5.31. The maximum Gasteiger partial charge on any atom is 0.258 e. The number of hydrogen-bond donors (Lipinski definition) is 1. The summed E-state index contributed by atoms with van der Waals surface area (Å²) in [6.07, 6.45) is 0. The van der Waals surface area contributed by atoms with Gasteiger partial charge in [-0.2, -0.15) is 4.98 Å². The predicted molar refractivity (Wildman–Crippen MR) is 123 cm³/mol. The van der Waals surface area contributed by atoms with E-state index in [1.807, 2.05) is 38.1 Å². The number of nitrogens with one attached hydrogen (secondary N) is 1. The number of benzene rings is 2. The smallest absolute Gasteiger partial charge is 0.258 e. The molecular weight excluding hydrogens is 411 g/mol. The van der Waals surface area contributed by atoms with Crippen molar-refractivity contribution in [3.8, 4) is 11.4 Å². The second-order valence-electron chi connectivity index (χ2n) is 8.23. The van der Waals surface area contributed by atoms with E-state index in [1.165, 1.54) is 12.1 Å². The van der Waals surface area contributed by atoms with Crippen molar-refractivity contribution >= 4 is 22.9 Å². The van der Waals surface area contributed by atoms with Crippen LogP contribution in [0.5, 0.6) is 0 Å². The van der Waals surface area contributed by atoms with Crippen LogP contribution in [0.15, 0.2) is 58.8 Å². The van der Waals surface area contributed by atoms with Crippen LogP contribution in [0, 0.1) is 18.7 Å². The lowest BCUT2D eigenvalue weighted by Crippen LogP contribution is -2.47. The number of thiocarbonyl (C=S) groups is 1. The first kappa shape index (κ1) is 21.2. The molecule has 0 amide bonds. The second-order valence-corrected chi connectivity index (χ2v) is 8.61. The molecule has 0 bridgehead atoms. The fourth-order valence-electron chi connectivity index (χ4n) is 3.70. The average molecular weight is 437 g/mol. The van der Waals surface area contributed by atoms with Crippen molar-refractivity contribution in [3.63, 3.8) is 0 Å². The highest BCUT2D eigenvalue weighted by Gasteiger charge is 2.34. The van der Waals surface area contributed by atoms with Gasteiger partial charge in [-0.25, -0.2) is 4.39 Å². The van der Waals surface area contributed by atoms with Gasteiger partial charge in [0.1, 0.15) is 5.82 Å². The first-order chi connectivity index (χ1) is 14.8. The normalized spacial score (nSPS) is 16.8. The third kappa shape index (κ3) is 4.37. The van der Waals surface area contributed by atoms with Crippen LogP contribution < -0.4 is 5.32 Å². The van der Waals surface area contributed by atoms with E-state index in [1.54, 1.807) is 12.1 Å². The number of aromatic nitrogens is 2. The van der Waals surface area contributed by atoms with Crippen molar-refractivity contribution < 1.29 is 8.91 Å². The Hall–Kier alpha value is -3.06. The lowest BCUT2D eigenvalue weighted by molar-refractivity contribution is 0.386. The minimum absolute atomic E-state index is 0.287. The zero-order chi connectivity index (χ0) is 22.1. The molecule has 1 unspecified atom stereocenters. The molecule has 160 valence electrons. The van der Waals surface area contributed by atoms with Crippen molar-refractivity contribution in [3.05, 3.63) is 77.1 Å². The molecule has 2 heterocycles. The van der Waals surface area contributed by atoms with Gasteiger partial charge in [0, 0.05) is 17.8 Å². The minimum Gasteiger partial charge on any atom is -0.351 e. The summed E-state index contributed by atoms with van der Waals surface area (Å²) in [4.78, 5) is 6.76. The molecule has 1 aliphatic rings. The Bertz CT molecular complexity index is 1120. The van der Waals surface area contributed by atoms with Crippen molar-refractivity contribution in [1.82, 2.24) is 20.4 Å². The molecule has 3 aromatic rings. The van der Waals surface area contributed by atoms with Crippen molar-refractivity contribution in [2.75, 3.05) is 6.54 Å². The number of rotatable bonds is 5. The Morgan fingerprint density at radius 1 is 1.10 bits per heavy atom. The molecule has 0 saturated carbocycles. The van der Waals surface area contributed by atoms with Crippen molar-refractivity contribution in [2.45, 2.75) is 33.7 Å². The van der Waals surface area contributed by atoms with Crippen LogP contribution in [-0.2, 0) is 0 Å². The molecule has 0 radical (unpaired) electrons. The molecule has 0 spiro atoms. The minimum atomic E-state index is -0.317. The lowest BCUT2D eigenvalue weighted by atomic mass is 9.94. The van der Waals surface area contributed by atoms with Gasteiger partial charge in [0.2, 0.25) is 5.82 Å². The highest BCUT2D eigenvalue weighted by Crippen LogP contribution is 2.37. The van der Waals surface area contributed by atoms with E-state index in [4.69, 9.17) is 21.7 Å². The lowest BCUT2D eigenvalue weighted by Gasteiger charge is -2.38. The van der Waals surface area contributed by atoms with Gasteiger partial charge >= 0.3 is 0 Å². The Balaban J connectivity index is 1.80. The molecule has 4 rings (SSSR count). The SMILES string of the molecule is CC1=C(c2nc(-c3ccc(C)cc3)no2)C(c2ccc(F)cc2)NC(=S)N1CC(C)C. The third-order valence-corrected chi connectivity index (χ3v) is 5.65. The molecule has 2 aromatic carbocycles. The van der Waals surface area contributed by atoms with E-state index in [0.717, 1.165) is 34.5 Å². The molecule has 5 nitrogen and oxygen atoms in total. The molecule has 7 heteroatoms. The molecule has 0 aliphatic carbocycles. The van der Waals surface area contributed by atoms with E-state index in [-0.39, 0.29) is 11.9 Å². The second kappa shape index (κ2) is 8.59. The quantitative estimate of drug-likeness (QED) is 0.533. The summed E-state index contributed by atoms with van der Waals surface area (Å²) in [5.74, 6) is 1.07. The van der Waals surface area contributed by atoms with Crippen molar-refractivity contribution in [2.24, 2.45) is 5.92 Å². The fraction of sp³-hybridized carbons (Fsp3) is 0.292. The Morgan fingerprint density at radius 2 is 1.77 bits per heavy atom. The number of aryl methyl sites for hydroxylation is 1. The Morgan fingerprint density at radius 3 is 2.42 bits per heavy atom. The summed E-state index contributed by atoms with van der Waals surface area (Å²) in [6.45, 7) is 9.09. The molecule has 1 aromatic heterocycles. The van der Waals surface area contributed by atoms with Crippen LogP contribution >= 0.6 is 12.2 Å². The number of halogens is 1. The van der Waals surface area contributed by atoms with E-state index < -0.39 is 0 Å². The van der Waals surface area contributed by atoms with Crippen LogP contribution in [0.3, 0.4) is 0 Å². The summed E-state index contributed by atoms with van der Waals surface area (Å²) in [5.41, 5.74) is 4.71. The standard InChI is InChI=1S/C24H25FN4OS/c1-14(2)13-29-16(4)20(21(26-24(29)31)17-9-11-19(25)12-10-17)23-27-22(28-30-23)18-7-5-15(3)6-8-18/h5-12,14,21H,13H2,1-4H3,(H,26,31). The van der Waals surface area contributed by atoms with E-state index in [9.17, 15) is 4.39 Å². The largest absolute Gasteiger partial charge is 0.351 e. The first-order valence-corrected chi connectivity index (χ1v) is 10.7. The van der Waals surface area contributed by atoms with Gasteiger partial charge < -0.3 is 14.7 Å². The summed E-state index contributed by atoms with van der Waals surface area (Å²) < 4.78 is 19.3. The number of nitrogens with zero attached hydrogens (tertiary/aromatic N) is 3. The van der Waals surface area contributed by atoms with Gasteiger partial charge in [0.25, 0.3) is 5.89 Å². The predicted octanol–water partition coefficient (Wildman–Crippen LogP) is 5.50. The summed E-state index contributed by atoms with van der Waals surface area (Å²) >= 11 is 5.66. The molecule has 1 atom stereocenters. The zero-order valence-electron chi connectivity index (χ0n) is 18.0. The van der Waals surface area contributed by atoms with E-state index in [0.29, 0.717) is 22.7 Å². The van der Waals surface area contributed by atoms with Crippen LogP contribution in [0.4, 0.5) is 4.39 Å². The van der Waals surface area contributed by atoms with E-state index >= 15 is 0 Å². The summed E-state index contributed by atoms with van der Waals surface area (Å²) in [6, 6.07) is 14.0. The van der Waals surface area contributed by atoms with Gasteiger partial charge in [-0.1, -0.05) is 61.0 Å². The highest BCUT2D eigenvalue weighted by atomic mass is 32.1. The molecule has 0 fully saturated rings. The maximum absolute atomic E-state index is 13.5. The summed E-state index contributed by atoms with van der Waals surface area (Å²) in [7, 11) is 0. The Kier molecular flexibility index (Phi) is 5.87. The first-order valence-electron chi connectivity index (χ1n) is 10.3. The molecule has 1 aliphatic heterocycles. The van der Waals surface area contributed by atoms with Crippen LogP contribution in [0.25, 0.3) is 17.0 Å². The topological polar surface area (TPSA) is 54.2 Å². The number of allylic oxidation sites excluding steroid dienone is 1. The highest BCUT2D eigenvalue weighted by molar-refractivity contribution is 7.80. The number of hydrogen-bond acceptors (Lipinski definition) is 4. The van der Waals surface area contributed by atoms with Gasteiger partial charge in [0.15, 0.2) is 5.11 Å². The fourth-order valence-corrected chi connectivity index (χ4v) is 4.03. The molecular formula is C24H25FN4OS. The monoisotopic (exact) mass is 436 g/mol. The van der Waals surface area contributed by atoms with E-state index in [2.05, 4.69) is 29.2 Å². The molecule has 31 heavy (non-hydrogen) atoms. The van der Waals surface area contributed by atoms with Gasteiger partial charge in [0.05, 0.1) is 11.6 Å². The van der Waals surface area contributed by atoms with Gasteiger partial charge in [-0.05, 0) is 49.7 Å². The van der Waals surface area contributed by atoms with Crippen LogP contribution in [0.2, 0.25) is 0 Å². The van der Waals surface area contributed by atoms with Gasteiger partial charge in [-0.15, -0.1) is 0 Å². The van der Waals surface area contributed by atoms with Crippen LogP contribution in [-0.4, -0.2) is 26.7 Å². The zero-order valence-corrected chi connectivity index (χ0v) is 18.8. The molecule has 0 saturated heterocycles. The Labute approximate surface area is 187 Å². The summed E-state index contributed by atoms with van der Waals surface area (Å²) in [5, 5.41) is 8.23. The maximum atomic E-state index is 13.5. The van der Waals surface area contributed by atoms with Gasteiger partial charge in [-0.3, -0.25) is 0 Å².